The van der Waals surface area contributed by atoms with Gasteiger partial charge in [-0.15, -0.1) is 0 Å². The molecule has 0 radical (unpaired) electrons. The minimum absolute atomic E-state index is 0.386. The summed E-state index contributed by atoms with van der Waals surface area (Å²) in [5.74, 6) is 1.08. The first kappa shape index (κ1) is 12.1. The SMILES string of the molecule is CCC(C)CNCc1cc(C)ccc1O. The third-order valence-electron chi connectivity index (χ3n) is 2.74. The summed E-state index contributed by atoms with van der Waals surface area (Å²) in [5, 5.41) is 13.0. The van der Waals surface area contributed by atoms with E-state index in [1.54, 1.807) is 6.07 Å². The molecule has 0 saturated carbocycles. The van der Waals surface area contributed by atoms with E-state index in [1.165, 1.54) is 12.0 Å². The van der Waals surface area contributed by atoms with E-state index in [0.29, 0.717) is 11.7 Å². The lowest BCUT2D eigenvalue weighted by Crippen LogP contribution is -2.20. The Morgan fingerprint density at radius 3 is 2.80 bits per heavy atom. The molecule has 2 N–H and O–H groups in total. The van der Waals surface area contributed by atoms with Gasteiger partial charge in [0, 0.05) is 12.1 Å². The van der Waals surface area contributed by atoms with Crippen LogP contribution in [0.4, 0.5) is 0 Å². The highest BCUT2D eigenvalue weighted by Gasteiger charge is 2.02. The van der Waals surface area contributed by atoms with E-state index in [1.807, 2.05) is 19.1 Å². The van der Waals surface area contributed by atoms with Crippen molar-refractivity contribution in [1.82, 2.24) is 5.32 Å². The second kappa shape index (κ2) is 5.76. The number of hydrogen-bond acceptors (Lipinski definition) is 2. The molecular formula is C13H21NO. The molecule has 0 bridgehead atoms. The molecule has 0 aliphatic carbocycles. The standard InChI is InChI=1S/C13H21NO/c1-4-10(2)8-14-9-12-7-11(3)5-6-13(12)15/h5-7,10,14-15H,4,8-9H2,1-3H3. The molecule has 0 spiro atoms. The van der Waals surface area contributed by atoms with Gasteiger partial charge in [-0.3, -0.25) is 0 Å². The molecule has 1 unspecified atom stereocenters. The maximum atomic E-state index is 9.62. The first-order chi connectivity index (χ1) is 7.13. The Morgan fingerprint density at radius 1 is 1.40 bits per heavy atom. The van der Waals surface area contributed by atoms with Gasteiger partial charge in [-0.05, 0) is 25.5 Å². The monoisotopic (exact) mass is 207 g/mol. The molecule has 2 nitrogen and oxygen atoms in total. The van der Waals surface area contributed by atoms with Crippen molar-refractivity contribution in [2.24, 2.45) is 5.92 Å². The number of rotatable bonds is 5. The highest BCUT2D eigenvalue weighted by molar-refractivity contribution is 5.35. The van der Waals surface area contributed by atoms with Crippen LogP contribution in [-0.4, -0.2) is 11.7 Å². The molecule has 0 aromatic heterocycles. The van der Waals surface area contributed by atoms with E-state index in [4.69, 9.17) is 0 Å². The number of aromatic hydroxyl groups is 1. The van der Waals surface area contributed by atoms with Crippen molar-refractivity contribution < 1.29 is 5.11 Å². The van der Waals surface area contributed by atoms with Crippen molar-refractivity contribution in [3.05, 3.63) is 29.3 Å². The maximum absolute atomic E-state index is 9.62. The Balaban J connectivity index is 2.46. The Kier molecular flexibility index (Phi) is 4.63. The summed E-state index contributed by atoms with van der Waals surface area (Å²) in [4.78, 5) is 0. The van der Waals surface area contributed by atoms with Crippen LogP contribution in [0.1, 0.15) is 31.4 Å². The Morgan fingerprint density at radius 2 is 2.13 bits per heavy atom. The summed E-state index contributed by atoms with van der Waals surface area (Å²) in [6, 6.07) is 5.71. The van der Waals surface area contributed by atoms with Gasteiger partial charge in [0.2, 0.25) is 0 Å². The zero-order valence-electron chi connectivity index (χ0n) is 9.88. The smallest absolute Gasteiger partial charge is 0.120 e. The largest absolute Gasteiger partial charge is 0.508 e. The van der Waals surface area contributed by atoms with E-state index >= 15 is 0 Å². The van der Waals surface area contributed by atoms with Crippen LogP contribution in [0.5, 0.6) is 5.75 Å². The maximum Gasteiger partial charge on any atom is 0.120 e. The molecule has 1 aromatic rings. The Hall–Kier alpha value is -1.02. The van der Waals surface area contributed by atoms with Gasteiger partial charge < -0.3 is 10.4 Å². The van der Waals surface area contributed by atoms with E-state index < -0.39 is 0 Å². The Bertz CT molecular complexity index is 309. The van der Waals surface area contributed by atoms with Crippen LogP contribution < -0.4 is 5.32 Å². The van der Waals surface area contributed by atoms with E-state index in [2.05, 4.69) is 19.2 Å². The number of phenolic OH excluding ortho intramolecular Hbond substituents is 1. The van der Waals surface area contributed by atoms with Crippen molar-refractivity contribution >= 4 is 0 Å². The van der Waals surface area contributed by atoms with Gasteiger partial charge in [0.15, 0.2) is 0 Å². The fraction of sp³-hybridized carbons (Fsp3) is 0.538. The Labute approximate surface area is 92.3 Å². The average Bonchev–Trinajstić information content (AvgIpc) is 2.23. The molecule has 1 aromatic carbocycles. The normalized spacial score (nSPS) is 12.7. The lowest BCUT2D eigenvalue weighted by atomic mass is 10.1. The predicted molar refractivity (Wildman–Crippen MR) is 64.0 cm³/mol. The molecule has 0 aliphatic heterocycles. The van der Waals surface area contributed by atoms with Crippen molar-refractivity contribution in [2.75, 3.05) is 6.54 Å². The van der Waals surface area contributed by atoms with Crippen molar-refractivity contribution in [3.8, 4) is 5.75 Å². The van der Waals surface area contributed by atoms with Gasteiger partial charge in [0.05, 0.1) is 0 Å². The zero-order valence-corrected chi connectivity index (χ0v) is 9.88. The lowest BCUT2D eigenvalue weighted by Gasteiger charge is -2.11. The highest BCUT2D eigenvalue weighted by atomic mass is 16.3. The van der Waals surface area contributed by atoms with E-state index in [9.17, 15) is 5.11 Å². The van der Waals surface area contributed by atoms with Crippen molar-refractivity contribution in [1.29, 1.82) is 0 Å². The second-order valence-electron chi connectivity index (χ2n) is 4.28. The van der Waals surface area contributed by atoms with Crippen LogP contribution in [0.2, 0.25) is 0 Å². The second-order valence-corrected chi connectivity index (χ2v) is 4.28. The highest BCUT2D eigenvalue weighted by Crippen LogP contribution is 2.17. The predicted octanol–water partition coefficient (Wildman–Crippen LogP) is 2.84. The first-order valence-corrected chi connectivity index (χ1v) is 5.62. The van der Waals surface area contributed by atoms with Crippen LogP contribution in [0.25, 0.3) is 0 Å². The molecule has 2 heteroatoms. The van der Waals surface area contributed by atoms with E-state index in [0.717, 1.165) is 18.7 Å². The lowest BCUT2D eigenvalue weighted by molar-refractivity contribution is 0.456. The molecule has 15 heavy (non-hydrogen) atoms. The molecule has 1 rings (SSSR count). The fourth-order valence-electron chi connectivity index (χ4n) is 1.45. The summed E-state index contributed by atoms with van der Waals surface area (Å²) in [7, 11) is 0. The van der Waals surface area contributed by atoms with Crippen LogP contribution in [-0.2, 0) is 6.54 Å². The third-order valence-corrected chi connectivity index (χ3v) is 2.74. The van der Waals surface area contributed by atoms with Gasteiger partial charge >= 0.3 is 0 Å². The number of benzene rings is 1. The van der Waals surface area contributed by atoms with Crippen LogP contribution in [0.3, 0.4) is 0 Å². The van der Waals surface area contributed by atoms with Gasteiger partial charge in [0.25, 0.3) is 0 Å². The molecule has 0 fully saturated rings. The number of hydrogen-bond donors (Lipinski definition) is 2. The van der Waals surface area contributed by atoms with Crippen LogP contribution >= 0.6 is 0 Å². The molecule has 0 amide bonds. The molecule has 0 heterocycles. The molecule has 0 saturated heterocycles. The number of aryl methyl sites for hydroxylation is 1. The quantitative estimate of drug-likeness (QED) is 0.778. The molecule has 1 atom stereocenters. The third kappa shape index (κ3) is 3.92. The van der Waals surface area contributed by atoms with Gasteiger partial charge in [-0.1, -0.05) is 38.0 Å². The summed E-state index contributed by atoms with van der Waals surface area (Å²) >= 11 is 0. The summed E-state index contributed by atoms with van der Waals surface area (Å²) in [5.41, 5.74) is 2.17. The first-order valence-electron chi connectivity index (χ1n) is 5.62. The van der Waals surface area contributed by atoms with E-state index in [-0.39, 0.29) is 0 Å². The molecular weight excluding hydrogens is 186 g/mol. The van der Waals surface area contributed by atoms with Crippen LogP contribution in [0.15, 0.2) is 18.2 Å². The average molecular weight is 207 g/mol. The number of phenols is 1. The molecule has 84 valence electrons. The topological polar surface area (TPSA) is 32.3 Å². The zero-order chi connectivity index (χ0) is 11.3. The molecule has 0 aliphatic rings. The van der Waals surface area contributed by atoms with Gasteiger partial charge in [0.1, 0.15) is 5.75 Å². The summed E-state index contributed by atoms with van der Waals surface area (Å²) in [6.07, 6.45) is 1.19. The minimum Gasteiger partial charge on any atom is -0.508 e. The summed E-state index contributed by atoms with van der Waals surface area (Å²) in [6.45, 7) is 8.21. The van der Waals surface area contributed by atoms with Gasteiger partial charge in [-0.2, -0.15) is 0 Å². The minimum atomic E-state index is 0.386. The van der Waals surface area contributed by atoms with Gasteiger partial charge in [-0.25, -0.2) is 0 Å². The summed E-state index contributed by atoms with van der Waals surface area (Å²) < 4.78 is 0. The fourth-order valence-corrected chi connectivity index (χ4v) is 1.45. The van der Waals surface area contributed by atoms with Crippen molar-refractivity contribution in [3.63, 3.8) is 0 Å². The van der Waals surface area contributed by atoms with Crippen molar-refractivity contribution in [2.45, 2.75) is 33.7 Å². The van der Waals surface area contributed by atoms with Crippen LogP contribution in [0, 0.1) is 12.8 Å². The number of nitrogens with one attached hydrogen (secondary N) is 1.